The van der Waals surface area contributed by atoms with Gasteiger partial charge in [-0.05, 0) is 48.9 Å². The van der Waals surface area contributed by atoms with Gasteiger partial charge in [-0.2, -0.15) is 0 Å². The van der Waals surface area contributed by atoms with Crippen molar-refractivity contribution >= 4 is 35.4 Å². The van der Waals surface area contributed by atoms with Gasteiger partial charge in [0.25, 0.3) is 23.6 Å². The fourth-order valence-corrected chi connectivity index (χ4v) is 5.77. The fraction of sp³-hybridized carbons (Fsp3) is 0.455. The van der Waals surface area contributed by atoms with Gasteiger partial charge >= 0.3 is 0 Å². The Morgan fingerprint density at radius 1 is 0.535 bits per heavy atom. The van der Waals surface area contributed by atoms with Gasteiger partial charge in [-0.3, -0.25) is 38.6 Å². The molecule has 2 aromatic carbocycles. The maximum Gasteiger partial charge on any atom is 0.262 e. The van der Waals surface area contributed by atoms with Crippen molar-refractivity contribution in [3.8, 4) is 0 Å². The van der Waals surface area contributed by atoms with Crippen LogP contribution < -0.4 is 10.6 Å². The minimum atomic E-state index is -0.883. The molecule has 2 aliphatic heterocycles. The molecule has 10 nitrogen and oxygen atoms in total. The summed E-state index contributed by atoms with van der Waals surface area (Å²) in [6.45, 7) is 8.12. The van der Waals surface area contributed by atoms with Crippen LogP contribution in [-0.2, 0) is 9.59 Å². The SMILES string of the molecule is CC(C)[C@@H](C(=O)NCCCCCCCNC(=O)[C@H](C(C)C)N1C(=O)c2ccccc2C1=O)N1C(=O)c2ccccc2C1=O. The Morgan fingerprint density at radius 2 is 0.814 bits per heavy atom. The molecule has 0 saturated heterocycles. The molecule has 0 aromatic heterocycles. The third-order valence-electron chi connectivity index (χ3n) is 7.96. The first-order chi connectivity index (χ1) is 20.6. The summed E-state index contributed by atoms with van der Waals surface area (Å²) in [6, 6.07) is 11.5. The summed E-state index contributed by atoms with van der Waals surface area (Å²) in [4.78, 5) is 79.7. The third-order valence-corrected chi connectivity index (χ3v) is 7.96. The summed E-state index contributed by atoms with van der Waals surface area (Å²) in [6.07, 6.45) is 4.08. The standard InChI is InChI=1S/C33H40N4O6/c1-20(2)26(36-30(40)22-14-8-9-15-23(22)31(36)41)28(38)34-18-12-6-5-7-13-19-35-29(39)27(21(3)4)37-32(42)24-16-10-11-17-25(24)33(37)43/h8-11,14-17,20-21,26-27H,5-7,12-13,18-19H2,1-4H3,(H,34,38)(H,35,39)/t26-,27-/m0/s1. The summed E-state index contributed by atoms with van der Waals surface area (Å²) in [5.74, 6) is -2.94. The lowest BCUT2D eigenvalue weighted by atomic mass is 10.0. The number of imide groups is 2. The molecule has 2 atom stereocenters. The molecule has 0 bridgehead atoms. The molecule has 0 radical (unpaired) electrons. The largest absolute Gasteiger partial charge is 0.354 e. The van der Waals surface area contributed by atoms with E-state index in [4.69, 9.17) is 0 Å². The number of benzene rings is 2. The highest BCUT2D eigenvalue weighted by molar-refractivity contribution is 6.23. The van der Waals surface area contributed by atoms with Gasteiger partial charge in [0.15, 0.2) is 0 Å². The normalized spacial score (nSPS) is 15.7. The molecule has 2 N–H and O–H groups in total. The van der Waals surface area contributed by atoms with Crippen molar-refractivity contribution in [2.24, 2.45) is 11.8 Å². The summed E-state index contributed by atoms with van der Waals surface area (Å²) < 4.78 is 0. The van der Waals surface area contributed by atoms with Crippen molar-refractivity contribution in [2.75, 3.05) is 13.1 Å². The molecule has 0 spiro atoms. The second-order valence-corrected chi connectivity index (χ2v) is 11.8. The minimum Gasteiger partial charge on any atom is -0.354 e. The number of carbonyl (C=O) groups is 6. The third kappa shape index (κ3) is 6.53. The van der Waals surface area contributed by atoms with Crippen LogP contribution in [0.5, 0.6) is 0 Å². The van der Waals surface area contributed by atoms with Gasteiger partial charge in [0, 0.05) is 13.1 Å². The quantitative estimate of drug-likeness (QED) is 0.255. The first-order valence-electron chi connectivity index (χ1n) is 15.1. The first kappa shape index (κ1) is 31.6. The second-order valence-electron chi connectivity index (χ2n) is 11.8. The van der Waals surface area contributed by atoms with Crippen LogP contribution in [0.4, 0.5) is 0 Å². The molecule has 0 unspecified atom stereocenters. The highest BCUT2D eigenvalue weighted by atomic mass is 16.2. The zero-order chi connectivity index (χ0) is 31.3. The number of nitrogens with one attached hydrogen (secondary N) is 2. The van der Waals surface area contributed by atoms with E-state index in [-0.39, 0.29) is 23.7 Å². The highest BCUT2D eigenvalue weighted by Gasteiger charge is 2.45. The van der Waals surface area contributed by atoms with Crippen molar-refractivity contribution in [3.05, 3.63) is 70.8 Å². The Bertz CT molecular complexity index is 1240. The van der Waals surface area contributed by atoms with E-state index in [1.165, 1.54) is 0 Å². The Morgan fingerprint density at radius 3 is 1.09 bits per heavy atom. The summed E-state index contributed by atoms with van der Waals surface area (Å²) in [7, 11) is 0. The van der Waals surface area contributed by atoms with Gasteiger partial charge in [0.1, 0.15) is 12.1 Å². The highest BCUT2D eigenvalue weighted by Crippen LogP contribution is 2.28. The van der Waals surface area contributed by atoms with Crippen molar-refractivity contribution in [1.82, 2.24) is 20.4 Å². The summed E-state index contributed by atoms with van der Waals surface area (Å²) >= 11 is 0. The van der Waals surface area contributed by atoms with Gasteiger partial charge in [0.2, 0.25) is 11.8 Å². The molecule has 0 fully saturated rings. The van der Waals surface area contributed by atoms with Crippen molar-refractivity contribution in [1.29, 1.82) is 0 Å². The van der Waals surface area contributed by atoms with E-state index in [1.807, 2.05) is 27.7 Å². The molecular formula is C33H40N4O6. The molecule has 2 aliphatic rings. The maximum atomic E-state index is 13.0. The number of nitrogens with zero attached hydrogens (tertiary/aromatic N) is 2. The van der Waals surface area contributed by atoms with Gasteiger partial charge in [-0.15, -0.1) is 0 Å². The number of hydrogen-bond acceptors (Lipinski definition) is 6. The Hall–Kier alpha value is -4.34. The van der Waals surface area contributed by atoms with E-state index < -0.39 is 35.7 Å². The van der Waals surface area contributed by atoms with Gasteiger partial charge in [-0.1, -0.05) is 71.2 Å². The Kier molecular flexibility index (Phi) is 10.1. The van der Waals surface area contributed by atoms with Crippen molar-refractivity contribution in [2.45, 2.75) is 71.9 Å². The smallest absolute Gasteiger partial charge is 0.262 e. The Balaban J connectivity index is 1.16. The molecule has 4 rings (SSSR count). The van der Waals surface area contributed by atoms with Gasteiger partial charge in [0.05, 0.1) is 22.3 Å². The van der Waals surface area contributed by atoms with Crippen LogP contribution in [0, 0.1) is 11.8 Å². The van der Waals surface area contributed by atoms with E-state index in [9.17, 15) is 28.8 Å². The van der Waals surface area contributed by atoms with E-state index in [1.54, 1.807) is 48.5 Å². The van der Waals surface area contributed by atoms with Gasteiger partial charge < -0.3 is 10.6 Å². The maximum absolute atomic E-state index is 13.0. The van der Waals surface area contributed by atoms with Crippen LogP contribution in [0.1, 0.15) is 101 Å². The van der Waals surface area contributed by atoms with Crippen LogP contribution in [0.2, 0.25) is 0 Å². The molecular weight excluding hydrogens is 548 g/mol. The number of rotatable bonds is 14. The lowest BCUT2D eigenvalue weighted by Gasteiger charge is -2.28. The first-order valence-corrected chi connectivity index (χ1v) is 15.1. The number of hydrogen-bond donors (Lipinski definition) is 2. The predicted molar refractivity (Wildman–Crippen MR) is 160 cm³/mol. The molecule has 228 valence electrons. The topological polar surface area (TPSA) is 133 Å². The lowest BCUT2D eigenvalue weighted by Crippen LogP contribution is -2.52. The molecule has 43 heavy (non-hydrogen) atoms. The average Bonchev–Trinajstić information content (AvgIpc) is 3.37. The molecule has 10 heteroatoms. The van der Waals surface area contributed by atoms with Crippen molar-refractivity contribution < 1.29 is 28.8 Å². The van der Waals surface area contributed by atoms with Crippen LogP contribution in [0.3, 0.4) is 0 Å². The number of unbranched alkanes of at least 4 members (excludes halogenated alkanes) is 4. The zero-order valence-electron chi connectivity index (χ0n) is 25.2. The molecule has 6 amide bonds. The van der Waals surface area contributed by atoms with Gasteiger partial charge in [-0.25, -0.2) is 0 Å². The Labute approximate surface area is 252 Å². The molecule has 2 aromatic rings. The summed E-state index contributed by atoms with van der Waals surface area (Å²) in [5, 5.41) is 5.78. The van der Waals surface area contributed by atoms with Crippen LogP contribution in [0.25, 0.3) is 0 Å². The molecule has 0 saturated carbocycles. The van der Waals surface area contributed by atoms with Crippen LogP contribution in [-0.4, -0.2) is 70.4 Å². The van der Waals surface area contributed by atoms with Crippen LogP contribution in [0.15, 0.2) is 48.5 Å². The van der Waals surface area contributed by atoms with Crippen LogP contribution >= 0.6 is 0 Å². The number of carbonyl (C=O) groups excluding carboxylic acids is 6. The zero-order valence-corrected chi connectivity index (χ0v) is 25.2. The molecule has 0 aliphatic carbocycles. The lowest BCUT2D eigenvalue weighted by molar-refractivity contribution is -0.126. The predicted octanol–water partition coefficient (Wildman–Crippen LogP) is 3.81. The van der Waals surface area contributed by atoms with E-state index in [0.29, 0.717) is 35.3 Å². The number of amides is 6. The van der Waals surface area contributed by atoms with Crippen molar-refractivity contribution in [3.63, 3.8) is 0 Å². The van der Waals surface area contributed by atoms with E-state index in [2.05, 4.69) is 10.6 Å². The summed E-state index contributed by atoms with van der Waals surface area (Å²) in [5.41, 5.74) is 1.30. The number of fused-ring (bicyclic) bond motifs is 2. The monoisotopic (exact) mass is 588 g/mol. The van der Waals surface area contributed by atoms with E-state index >= 15 is 0 Å². The fourth-order valence-electron chi connectivity index (χ4n) is 5.77. The molecule has 2 heterocycles. The minimum absolute atomic E-state index is 0.246. The average molecular weight is 589 g/mol. The second kappa shape index (κ2) is 13.8. The van der Waals surface area contributed by atoms with E-state index in [0.717, 1.165) is 41.9 Å².